The Morgan fingerprint density at radius 1 is 1.35 bits per heavy atom. The van der Waals surface area contributed by atoms with E-state index in [1.807, 2.05) is 38.4 Å². The van der Waals surface area contributed by atoms with Gasteiger partial charge in [-0.2, -0.15) is 11.3 Å². The molecule has 1 N–H and O–H groups in total. The molecule has 1 amide bonds. The van der Waals surface area contributed by atoms with Gasteiger partial charge in [0.25, 0.3) is 0 Å². The highest BCUT2D eigenvalue weighted by Crippen LogP contribution is 2.20. The first-order chi connectivity index (χ1) is 11.1. The first-order valence-electron chi connectivity index (χ1n) is 7.43. The zero-order valence-corrected chi connectivity index (χ0v) is 14.0. The molecule has 2 aromatic heterocycles. The Bertz CT molecular complexity index is 780. The van der Waals surface area contributed by atoms with E-state index in [1.54, 1.807) is 11.3 Å². The minimum absolute atomic E-state index is 0.0499. The summed E-state index contributed by atoms with van der Waals surface area (Å²) in [5, 5.41) is 12.1. The van der Waals surface area contributed by atoms with Crippen LogP contribution in [0.1, 0.15) is 17.3 Å². The fourth-order valence-corrected chi connectivity index (χ4v) is 3.26. The van der Waals surface area contributed by atoms with Gasteiger partial charge < -0.3 is 14.7 Å². The molecule has 1 atom stereocenters. The summed E-state index contributed by atoms with van der Waals surface area (Å²) < 4.78 is 5.24. The highest BCUT2D eigenvalue weighted by atomic mass is 32.1. The molecule has 6 heteroatoms. The van der Waals surface area contributed by atoms with E-state index in [0.717, 1.165) is 5.39 Å². The van der Waals surface area contributed by atoms with Gasteiger partial charge in [-0.15, -0.1) is 0 Å². The van der Waals surface area contributed by atoms with E-state index in [2.05, 4.69) is 32.2 Å². The lowest BCUT2D eigenvalue weighted by atomic mass is 10.1. The molecule has 0 aliphatic rings. The molecule has 0 aliphatic heterocycles. The van der Waals surface area contributed by atoms with Crippen LogP contribution in [0.15, 0.2) is 45.6 Å². The number of hydrogen-bond donors (Lipinski definition) is 1. The first-order valence-corrected chi connectivity index (χ1v) is 8.38. The van der Waals surface area contributed by atoms with Gasteiger partial charge >= 0.3 is 0 Å². The second-order valence-electron chi connectivity index (χ2n) is 5.64. The fourth-order valence-electron chi connectivity index (χ4n) is 2.55. The van der Waals surface area contributed by atoms with Crippen molar-refractivity contribution in [2.24, 2.45) is 0 Å². The molecule has 0 radical (unpaired) electrons. The van der Waals surface area contributed by atoms with Gasteiger partial charge in [-0.25, -0.2) is 0 Å². The summed E-state index contributed by atoms with van der Waals surface area (Å²) in [6, 6.07) is 9.83. The molecule has 3 rings (SSSR count). The number of amides is 1. The van der Waals surface area contributed by atoms with Gasteiger partial charge in [-0.05, 0) is 48.6 Å². The van der Waals surface area contributed by atoms with Crippen molar-refractivity contribution in [2.45, 2.75) is 12.5 Å². The largest absolute Gasteiger partial charge is 0.356 e. The van der Waals surface area contributed by atoms with Crippen LogP contribution >= 0.6 is 11.3 Å². The summed E-state index contributed by atoms with van der Waals surface area (Å²) >= 11 is 1.66. The van der Waals surface area contributed by atoms with E-state index in [4.69, 9.17) is 4.52 Å². The van der Waals surface area contributed by atoms with Crippen LogP contribution in [0.4, 0.5) is 0 Å². The van der Waals surface area contributed by atoms with Crippen molar-refractivity contribution >= 4 is 28.2 Å². The van der Waals surface area contributed by atoms with Crippen molar-refractivity contribution in [3.05, 3.63) is 52.3 Å². The number of nitrogens with one attached hydrogen (secondary N) is 1. The Balaban J connectivity index is 1.63. The number of thiophene rings is 1. The second-order valence-corrected chi connectivity index (χ2v) is 6.42. The molecule has 0 bridgehead atoms. The van der Waals surface area contributed by atoms with Crippen LogP contribution in [0.5, 0.6) is 0 Å². The number of hydrogen-bond acceptors (Lipinski definition) is 5. The number of para-hydroxylation sites is 1. The van der Waals surface area contributed by atoms with Gasteiger partial charge in [0.05, 0.1) is 12.5 Å². The van der Waals surface area contributed by atoms with Crippen molar-refractivity contribution in [2.75, 3.05) is 20.6 Å². The van der Waals surface area contributed by atoms with Crippen LogP contribution in [0, 0.1) is 0 Å². The zero-order valence-electron chi connectivity index (χ0n) is 13.2. The van der Waals surface area contributed by atoms with Crippen molar-refractivity contribution < 1.29 is 9.32 Å². The van der Waals surface area contributed by atoms with Gasteiger partial charge in [-0.1, -0.05) is 17.3 Å². The summed E-state index contributed by atoms with van der Waals surface area (Å²) in [6.45, 7) is 0.568. The minimum Gasteiger partial charge on any atom is -0.356 e. The van der Waals surface area contributed by atoms with E-state index in [9.17, 15) is 4.79 Å². The van der Waals surface area contributed by atoms with E-state index in [0.29, 0.717) is 17.8 Å². The van der Waals surface area contributed by atoms with Gasteiger partial charge in [0, 0.05) is 11.9 Å². The Hall–Kier alpha value is -2.18. The SMILES string of the molecule is CN(C)[C@@H](CNC(=O)Cc1noc2ccccc12)c1ccsc1. The van der Waals surface area contributed by atoms with Crippen LogP contribution in [0.25, 0.3) is 11.0 Å². The lowest BCUT2D eigenvalue weighted by molar-refractivity contribution is -0.120. The predicted octanol–water partition coefficient (Wildman–Crippen LogP) is 2.85. The van der Waals surface area contributed by atoms with E-state index in [1.165, 1.54) is 5.56 Å². The van der Waals surface area contributed by atoms with E-state index < -0.39 is 0 Å². The molecule has 23 heavy (non-hydrogen) atoms. The topological polar surface area (TPSA) is 58.4 Å². The molecule has 5 nitrogen and oxygen atoms in total. The number of rotatable bonds is 6. The highest BCUT2D eigenvalue weighted by Gasteiger charge is 2.17. The van der Waals surface area contributed by atoms with Crippen molar-refractivity contribution in [3.8, 4) is 0 Å². The molecule has 0 spiro atoms. The number of benzene rings is 1. The van der Waals surface area contributed by atoms with Crippen molar-refractivity contribution in [1.82, 2.24) is 15.4 Å². The molecule has 0 saturated carbocycles. The smallest absolute Gasteiger partial charge is 0.226 e. The zero-order chi connectivity index (χ0) is 16.2. The average molecular weight is 329 g/mol. The van der Waals surface area contributed by atoms with Gasteiger partial charge in [0.15, 0.2) is 5.58 Å². The third kappa shape index (κ3) is 3.60. The van der Waals surface area contributed by atoms with Gasteiger partial charge in [-0.3, -0.25) is 4.79 Å². The quantitative estimate of drug-likeness (QED) is 0.755. The van der Waals surface area contributed by atoms with Crippen molar-refractivity contribution in [3.63, 3.8) is 0 Å². The number of nitrogens with zero attached hydrogens (tertiary/aromatic N) is 2. The van der Waals surface area contributed by atoms with Gasteiger partial charge in [0.2, 0.25) is 5.91 Å². The van der Waals surface area contributed by atoms with Crippen LogP contribution in [-0.4, -0.2) is 36.6 Å². The minimum atomic E-state index is -0.0499. The van der Waals surface area contributed by atoms with Crippen LogP contribution < -0.4 is 5.32 Å². The third-order valence-corrected chi connectivity index (χ3v) is 4.53. The van der Waals surface area contributed by atoms with E-state index in [-0.39, 0.29) is 18.4 Å². The molecule has 0 saturated heterocycles. The summed E-state index contributed by atoms with van der Waals surface area (Å²) in [4.78, 5) is 14.3. The average Bonchev–Trinajstić information content (AvgIpc) is 3.18. The van der Waals surface area contributed by atoms with Gasteiger partial charge in [0.1, 0.15) is 5.69 Å². The summed E-state index contributed by atoms with van der Waals surface area (Å²) in [7, 11) is 4.03. The number of carbonyl (C=O) groups is 1. The molecular weight excluding hydrogens is 310 g/mol. The number of likely N-dealkylation sites (N-methyl/N-ethyl adjacent to an activating group) is 1. The normalized spacial score (nSPS) is 12.7. The summed E-state index contributed by atoms with van der Waals surface area (Å²) in [5.74, 6) is -0.0499. The van der Waals surface area contributed by atoms with Crippen LogP contribution in [0.2, 0.25) is 0 Å². The maximum Gasteiger partial charge on any atom is 0.226 e. The molecule has 3 aromatic rings. The standard InChI is InChI=1S/C17H19N3O2S/c1-20(2)15(12-7-8-23-11-12)10-18-17(21)9-14-13-5-3-4-6-16(13)22-19-14/h3-8,11,15H,9-10H2,1-2H3,(H,18,21)/t15-/m0/s1. The Kier molecular flexibility index (Phi) is 4.73. The van der Waals surface area contributed by atoms with E-state index >= 15 is 0 Å². The van der Waals surface area contributed by atoms with Crippen LogP contribution in [-0.2, 0) is 11.2 Å². The number of carbonyl (C=O) groups excluding carboxylic acids is 1. The molecule has 0 fully saturated rings. The highest BCUT2D eigenvalue weighted by molar-refractivity contribution is 7.07. The fraction of sp³-hybridized carbons (Fsp3) is 0.294. The van der Waals surface area contributed by atoms with Crippen LogP contribution in [0.3, 0.4) is 0 Å². The Morgan fingerprint density at radius 3 is 2.91 bits per heavy atom. The molecular formula is C17H19N3O2S. The molecule has 1 aromatic carbocycles. The number of aromatic nitrogens is 1. The molecule has 2 heterocycles. The Morgan fingerprint density at radius 2 is 2.17 bits per heavy atom. The predicted molar refractivity (Wildman–Crippen MR) is 91.5 cm³/mol. The van der Waals surface area contributed by atoms with Crippen molar-refractivity contribution in [1.29, 1.82) is 0 Å². The lowest BCUT2D eigenvalue weighted by Crippen LogP contribution is -2.35. The molecule has 120 valence electrons. The molecule has 0 unspecified atom stereocenters. The third-order valence-electron chi connectivity index (χ3n) is 3.82. The monoisotopic (exact) mass is 329 g/mol. The maximum atomic E-state index is 12.2. The Labute approximate surface area is 138 Å². The number of fused-ring (bicyclic) bond motifs is 1. The first kappa shape index (κ1) is 15.7. The summed E-state index contributed by atoms with van der Waals surface area (Å²) in [5.41, 5.74) is 2.60. The molecule has 0 aliphatic carbocycles. The maximum absolute atomic E-state index is 12.2. The second kappa shape index (κ2) is 6.93. The lowest BCUT2D eigenvalue weighted by Gasteiger charge is -2.23. The summed E-state index contributed by atoms with van der Waals surface area (Å²) in [6.07, 6.45) is 0.223.